The summed E-state index contributed by atoms with van der Waals surface area (Å²) in [7, 11) is 5.68. The van der Waals surface area contributed by atoms with E-state index < -0.39 is 11.4 Å². The Bertz CT molecular complexity index is 334. The van der Waals surface area contributed by atoms with Gasteiger partial charge in [-0.1, -0.05) is 25.7 Å². The molecule has 0 heterocycles. The van der Waals surface area contributed by atoms with Crippen LogP contribution in [0.2, 0.25) is 0 Å². The second-order valence-corrected chi connectivity index (χ2v) is 6.30. The maximum Gasteiger partial charge on any atom is 0.310 e. The minimum absolute atomic E-state index is 0.0452. The summed E-state index contributed by atoms with van der Waals surface area (Å²) < 4.78 is 0. The van der Waals surface area contributed by atoms with Crippen LogP contribution in [0.15, 0.2) is 0 Å². The molecule has 0 aliphatic heterocycles. The summed E-state index contributed by atoms with van der Waals surface area (Å²) in [4.78, 5) is 27.6. The summed E-state index contributed by atoms with van der Waals surface area (Å²) in [6, 6.07) is 0. The lowest BCUT2D eigenvalue weighted by Crippen LogP contribution is -2.40. The van der Waals surface area contributed by atoms with Gasteiger partial charge in [-0.05, 0) is 26.9 Å². The molecule has 0 radical (unpaired) electrons. The smallest absolute Gasteiger partial charge is 0.310 e. The molecule has 1 fully saturated rings. The van der Waals surface area contributed by atoms with Crippen molar-refractivity contribution in [3.63, 3.8) is 0 Å². The van der Waals surface area contributed by atoms with Gasteiger partial charge in [0.05, 0.1) is 5.41 Å². The van der Waals surface area contributed by atoms with Crippen molar-refractivity contribution in [3.8, 4) is 0 Å². The maximum absolute atomic E-state index is 12.3. The molecule has 1 N–H and O–H groups in total. The third kappa shape index (κ3) is 4.78. The van der Waals surface area contributed by atoms with Gasteiger partial charge < -0.3 is 14.9 Å². The molecule has 0 bridgehead atoms. The van der Waals surface area contributed by atoms with E-state index in [1.807, 2.05) is 19.0 Å². The van der Waals surface area contributed by atoms with Crippen LogP contribution in [0.25, 0.3) is 0 Å². The normalized spacial score (nSPS) is 18.6. The van der Waals surface area contributed by atoms with Gasteiger partial charge in [0, 0.05) is 26.6 Å². The van der Waals surface area contributed by atoms with Crippen LogP contribution in [0.1, 0.15) is 44.9 Å². The van der Waals surface area contributed by atoms with Gasteiger partial charge >= 0.3 is 5.97 Å². The minimum Gasteiger partial charge on any atom is -0.481 e. The lowest BCUT2D eigenvalue weighted by atomic mass is 9.77. The highest BCUT2D eigenvalue weighted by molar-refractivity contribution is 5.85. The molecular weight excluding hydrogens is 256 g/mol. The van der Waals surface area contributed by atoms with Gasteiger partial charge in [-0.15, -0.1) is 0 Å². The third-order valence-corrected chi connectivity index (χ3v) is 4.31. The fourth-order valence-electron chi connectivity index (χ4n) is 2.77. The molecule has 0 saturated heterocycles. The first kappa shape index (κ1) is 17.0. The molecule has 5 nitrogen and oxygen atoms in total. The molecule has 20 heavy (non-hydrogen) atoms. The SMILES string of the molecule is CN(C)CCN(C)C(=O)CC1(C(=O)O)CCCCCC1. The Hall–Kier alpha value is -1.10. The first-order valence-electron chi connectivity index (χ1n) is 7.49. The molecule has 0 atom stereocenters. The fourth-order valence-corrected chi connectivity index (χ4v) is 2.77. The number of hydrogen-bond donors (Lipinski definition) is 1. The quantitative estimate of drug-likeness (QED) is 0.756. The predicted octanol–water partition coefficient (Wildman–Crippen LogP) is 1.82. The molecule has 1 aliphatic carbocycles. The van der Waals surface area contributed by atoms with Crippen molar-refractivity contribution in [1.29, 1.82) is 0 Å². The minimum atomic E-state index is -0.833. The molecule has 0 spiro atoms. The number of carbonyl (C=O) groups is 2. The van der Waals surface area contributed by atoms with E-state index in [9.17, 15) is 14.7 Å². The molecule has 0 aromatic carbocycles. The Morgan fingerprint density at radius 2 is 1.55 bits per heavy atom. The fraction of sp³-hybridized carbons (Fsp3) is 0.867. The number of rotatable bonds is 6. The highest BCUT2D eigenvalue weighted by Crippen LogP contribution is 2.38. The summed E-state index contributed by atoms with van der Waals surface area (Å²) in [6.45, 7) is 1.43. The first-order chi connectivity index (χ1) is 9.37. The van der Waals surface area contributed by atoms with Crippen LogP contribution in [0, 0.1) is 5.41 Å². The van der Waals surface area contributed by atoms with Crippen molar-refractivity contribution in [2.45, 2.75) is 44.9 Å². The zero-order chi connectivity index (χ0) is 15.2. The Morgan fingerprint density at radius 3 is 2.00 bits per heavy atom. The molecule has 1 aliphatic rings. The molecule has 1 rings (SSSR count). The lowest BCUT2D eigenvalue weighted by molar-refractivity contribution is -0.154. The van der Waals surface area contributed by atoms with Crippen LogP contribution >= 0.6 is 0 Å². The first-order valence-corrected chi connectivity index (χ1v) is 7.49. The van der Waals surface area contributed by atoms with E-state index >= 15 is 0 Å². The predicted molar refractivity (Wildman–Crippen MR) is 78.6 cm³/mol. The standard InChI is InChI=1S/C15H28N2O3/c1-16(2)10-11-17(3)13(18)12-15(14(19)20)8-6-4-5-7-9-15/h4-12H2,1-3H3,(H,19,20). The number of nitrogens with zero attached hydrogens (tertiary/aromatic N) is 2. The summed E-state index contributed by atoms with van der Waals surface area (Å²) in [5.41, 5.74) is -0.833. The van der Waals surface area contributed by atoms with Crippen molar-refractivity contribution < 1.29 is 14.7 Å². The van der Waals surface area contributed by atoms with Gasteiger partial charge in [-0.3, -0.25) is 9.59 Å². The highest BCUT2D eigenvalue weighted by atomic mass is 16.4. The van der Waals surface area contributed by atoms with Crippen molar-refractivity contribution in [2.75, 3.05) is 34.2 Å². The largest absolute Gasteiger partial charge is 0.481 e. The zero-order valence-electron chi connectivity index (χ0n) is 13.0. The summed E-state index contributed by atoms with van der Waals surface area (Å²) in [5.74, 6) is -0.843. The van der Waals surface area contributed by atoms with Crippen LogP contribution in [-0.2, 0) is 9.59 Å². The van der Waals surface area contributed by atoms with E-state index in [1.165, 1.54) is 0 Å². The summed E-state index contributed by atoms with van der Waals surface area (Å²) >= 11 is 0. The van der Waals surface area contributed by atoms with Crippen LogP contribution in [0.3, 0.4) is 0 Å². The van der Waals surface area contributed by atoms with Crippen LogP contribution in [0.5, 0.6) is 0 Å². The number of aliphatic carboxylic acids is 1. The molecular formula is C15H28N2O3. The van der Waals surface area contributed by atoms with Crippen molar-refractivity contribution in [1.82, 2.24) is 9.80 Å². The summed E-state index contributed by atoms with van der Waals surface area (Å²) in [6.07, 6.45) is 5.42. The summed E-state index contributed by atoms with van der Waals surface area (Å²) in [5, 5.41) is 9.58. The van der Waals surface area contributed by atoms with Crippen LogP contribution < -0.4 is 0 Å². The molecule has 116 valence electrons. The van der Waals surface area contributed by atoms with Gasteiger partial charge in [-0.2, -0.15) is 0 Å². The van der Waals surface area contributed by atoms with Crippen molar-refractivity contribution in [2.24, 2.45) is 5.41 Å². The third-order valence-electron chi connectivity index (χ3n) is 4.31. The Balaban J connectivity index is 2.65. The molecule has 1 amide bonds. The average Bonchev–Trinajstić information content (AvgIpc) is 2.62. The Labute approximate surface area is 121 Å². The van der Waals surface area contributed by atoms with E-state index in [4.69, 9.17) is 0 Å². The molecule has 1 saturated carbocycles. The van der Waals surface area contributed by atoms with Gasteiger partial charge in [0.1, 0.15) is 0 Å². The van der Waals surface area contributed by atoms with E-state index in [0.717, 1.165) is 32.2 Å². The van der Waals surface area contributed by atoms with Crippen molar-refractivity contribution in [3.05, 3.63) is 0 Å². The topological polar surface area (TPSA) is 60.9 Å². The Morgan fingerprint density at radius 1 is 1.00 bits per heavy atom. The van der Waals surface area contributed by atoms with Crippen LogP contribution in [0.4, 0.5) is 0 Å². The number of carbonyl (C=O) groups excluding carboxylic acids is 1. The van der Waals surface area contributed by atoms with Crippen LogP contribution in [-0.4, -0.2) is 61.0 Å². The van der Waals surface area contributed by atoms with Crippen molar-refractivity contribution >= 4 is 11.9 Å². The number of hydrogen-bond acceptors (Lipinski definition) is 3. The maximum atomic E-state index is 12.3. The van der Waals surface area contributed by atoms with Gasteiger partial charge in [0.15, 0.2) is 0 Å². The number of carboxylic acid groups (broad SMARTS) is 1. The monoisotopic (exact) mass is 284 g/mol. The number of amides is 1. The highest BCUT2D eigenvalue weighted by Gasteiger charge is 2.41. The average molecular weight is 284 g/mol. The second-order valence-electron chi connectivity index (χ2n) is 6.30. The van der Waals surface area contributed by atoms with Gasteiger partial charge in [0.2, 0.25) is 5.91 Å². The van der Waals surface area contributed by atoms with Gasteiger partial charge in [0.25, 0.3) is 0 Å². The van der Waals surface area contributed by atoms with E-state index in [0.29, 0.717) is 19.4 Å². The number of likely N-dealkylation sites (N-methyl/N-ethyl adjacent to an activating group) is 2. The van der Waals surface area contributed by atoms with E-state index in [2.05, 4.69) is 0 Å². The molecule has 0 unspecified atom stereocenters. The molecule has 0 aromatic rings. The Kier molecular flexibility index (Phi) is 6.46. The van der Waals surface area contributed by atoms with E-state index in [1.54, 1.807) is 11.9 Å². The molecule has 5 heteroatoms. The molecule has 0 aromatic heterocycles. The zero-order valence-corrected chi connectivity index (χ0v) is 13.0. The van der Waals surface area contributed by atoms with E-state index in [-0.39, 0.29) is 12.3 Å². The number of carboxylic acids is 1. The van der Waals surface area contributed by atoms with Gasteiger partial charge in [-0.25, -0.2) is 0 Å². The second kappa shape index (κ2) is 7.62. The lowest BCUT2D eigenvalue weighted by Gasteiger charge is -2.30.